The Morgan fingerprint density at radius 1 is 1.04 bits per heavy atom. The minimum Gasteiger partial charge on any atom is -0.457 e. The van der Waals surface area contributed by atoms with Crippen LogP contribution in [0.5, 0.6) is 0 Å². The molecule has 0 atom stereocenters. The fourth-order valence-corrected chi connectivity index (χ4v) is 2.98. The first kappa shape index (κ1) is 17.9. The molecule has 0 amide bonds. The molecule has 0 aliphatic carbocycles. The van der Waals surface area contributed by atoms with Gasteiger partial charge in [-0.2, -0.15) is 0 Å². The highest BCUT2D eigenvalue weighted by Crippen LogP contribution is 2.22. The van der Waals surface area contributed by atoms with Gasteiger partial charge in [-0.25, -0.2) is 0 Å². The zero-order valence-electron chi connectivity index (χ0n) is 15.4. The largest absolute Gasteiger partial charge is 0.457 e. The van der Waals surface area contributed by atoms with Gasteiger partial charge >= 0.3 is 5.97 Å². The SMILES string of the molecule is Cc1cc(C(=O)COC(=O)Cc2noc3ccccc23)c(C)c(C)c1C. The van der Waals surface area contributed by atoms with Crippen molar-refractivity contribution < 1.29 is 18.8 Å². The summed E-state index contributed by atoms with van der Waals surface area (Å²) in [5.41, 5.74) is 5.98. The van der Waals surface area contributed by atoms with Crippen LogP contribution in [0.25, 0.3) is 11.0 Å². The Kier molecular flexibility index (Phi) is 4.89. The number of para-hydroxylation sites is 1. The number of fused-ring (bicyclic) bond motifs is 1. The molecule has 0 aliphatic heterocycles. The Hall–Kier alpha value is -2.95. The third-order valence-electron chi connectivity index (χ3n) is 4.91. The second-order valence-corrected chi connectivity index (χ2v) is 6.50. The van der Waals surface area contributed by atoms with Crippen LogP contribution in [0, 0.1) is 27.7 Å². The van der Waals surface area contributed by atoms with Crippen molar-refractivity contribution >= 4 is 22.7 Å². The highest BCUT2D eigenvalue weighted by atomic mass is 16.5. The van der Waals surface area contributed by atoms with Gasteiger partial charge in [0.25, 0.3) is 0 Å². The van der Waals surface area contributed by atoms with Crippen molar-refractivity contribution in [3.8, 4) is 0 Å². The Morgan fingerprint density at radius 3 is 2.54 bits per heavy atom. The summed E-state index contributed by atoms with van der Waals surface area (Å²) in [6.45, 7) is 7.64. The summed E-state index contributed by atoms with van der Waals surface area (Å²) in [5.74, 6) is -0.706. The lowest BCUT2D eigenvalue weighted by Crippen LogP contribution is -2.17. The molecule has 0 N–H and O–H groups in total. The van der Waals surface area contributed by atoms with Gasteiger partial charge in [0, 0.05) is 10.9 Å². The number of carbonyl (C=O) groups excluding carboxylic acids is 2. The van der Waals surface area contributed by atoms with E-state index in [0.717, 1.165) is 22.1 Å². The summed E-state index contributed by atoms with van der Waals surface area (Å²) >= 11 is 0. The number of carbonyl (C=O) groups is 2. The minimum atomic E-state index is -0.504. The Balaban J connectivity index is 1.67. The van der Waals surface area contributed by atoms with E-state index in [1.807, 2.05) is 52.0 Å². The normalized spacial score (nSPS) is 10.9. The molecule has 5 nitrogen and oxygen atoms in total. The van der Waals surface area contributed by atoms with Gasteiger partial charge in [0.05, 0.1) is 6.42 Å². The van der Waals surface area contributed by atoms with Crippen molar-refractivity contribution in [2.24, 2.45) is 0 Å². The van der Waals surface area contributed by atoms with Gasteiger partial charge in [0.15, 0.2) is 12.2 Å². The fourth-order valence-electron chi connectivity index (χ4n) is 2.98. The predicted octanol–water partition coefficient (Wildman–Crippen LogP) is 4.03. The summed E-state index contributed by atoms with van der Waals surface area (Å²) in [4.78, 5) is 24.6. The molecule has 0 saturated carbocycles. The standard InChI is InChI=1S/C21H21NO4/c1-12-9-17(15(4)14(3)13(12)2)19(23)11-25-21(24)10-18-16-7-5-6-8-20(16)26-22-18/h5-9H,10-11H2,1-4H3. The number of rotatable bonds is 5. The number of aromatic nitrogens is 1. The average Bonchev–Trinajstić information content (AvgIpc) is 3.04. The van der Waals surface area contributed by atoms with Crippen molar-refractivity contribution in [3.05, 3.63) is 63.8 Å². The van der Waals surface area contributed by atoms with E-state index in [1.165, 1.54) is 5.56 Å². The van der Waals surface area contributed by atoms with E-state index >= 15 is 0 Å². The van der Waals surface area contributed by atoms with E-state index in [-0.39, 0.29) is 18.8 Å². The molecule has 0 unspecified atom stereocenters. The van der Waals surface area contributed by atoms with E-state index in [9.17, 15) is 9.59 Å². The average molecular weight is 351 g/mol. The number of aryl methyl sites for hydroxylation is 1. The van der Waals surface area contributed by atoms with Crippen LogP contribution in [0.15, 0.2) is 34.9 Å². The molecule has 1 aromatic heterocycles. The summed E-state index contributed by atoms with van der Waals surface area (Å²) in [7, 11) is 0. The van der Waals surface area contributed by atoms with Crippen molar-refractivity contribution in [1.29, 1.82) is 0 Å². The Labute approximate surface area is 151 Å². The highest BCUT2D eigenvalue weighted by Gasteiger charge is 2.17. The second-order valence-electron chi connectivity index (χ2n) is 6.50. The van der Waals surface area contributed by atoms with Crippen molar-refractivity contribution in [2.75, 3.05) is 6.61 Å². The molecular weight excluding hydrogens is 330 g/mol. The molecule has 26 heavy (non-hydrogen) atoms. The molecular formula is C21H21NO4. The molecule has 2 aromatic carbocycles. The number of ether oxygens (including phenoxy) is 1. The molecule has 134 valence electrons. The van der Waals surface area contributed by atoms with E-state index in [1.54, 1.807) is 6.07 Å². The van der Waals surface area contributed by atoms with Crippen LogP contribution in [0.1, 0.15) is 38.3 Å². The van der Waals surface area contributed by atoms with Gasteiger partial charge in [0.1, 0.15) is 5.69 Å². The molecule has 0 radical (unpaired) electrons. The molecule has 0 aliphatic rings. The number of nitrogens with zero attached hydrogens (tertiary/aromatic N) is 1. The second kappa shape index (κ2) is 7.12. The lowest BCUT2D eigenvalue weighted by atomic mass is 9.93. The third-order valence-corrected chi connectivity index (χ3v) is 4.91. The van der Waals surface area contributed by atoms with Crippen molar-refractivity contribution in [1.82, 2.24) is 5.16 Å². The number of hydrogen-bond acceptors (Lipinski definition) is 5. The number of Topliss-reactive ketones (excluding diaryl/α,β-unsaturated/α-hetero) is 1. The van der Waals surface area contributed by atoms with Crippen LogP contribution in [0.3, 0.4) is 0 Å². The monoisotopic (exact) mass is 351 g/mol. The maximum atomic E-state index is 12.5. The third kappa shape index (κ3) is 3.38. The number of benzene rings is 2. The zero-order chi connectivity index (χ0) is 18.8. The molecule has 3 rings (SSSR count). The molecule has 3 aromatic rings. The molecule has 0 bridgehead atoms. The van der Waals surface area contributed by atoms with Crippen LogP contribution in [-0.4, -0.2) is 23.5 Å². The summed E-state index contributed by atoms with van der Waals surface area (Å²) in [6, 6.07) is 9.16. The molecule has 1 heterocycles. The first-order valence-corrected chi connectivity index (χ1v) is 8.48. The maximum absolute atomic E-state index is 12.5. The quantitative estimate of drug-likeness (QED) is 0.513. The molecule has 0 saturated heterocycles. The number of esters is 1. The van der Waals surface area contributed by atoms with Crippen LogP contribution < -0.4 is 0 Å². The molecule has 0 spiro atoms. The van der Waals surface area contributed by atoms with Gasteiger partial charge in [0.2, 0.25) is 5.78 Å². The van der Waals surface area contributed by atoms with Gasteiger partial charge in [-0.15, -0.1) is 0 Å². The zero-order valence-corrected chi connectivity index (χ0v) is 15.4. The lowest BCUT2D eigenvalue weighted by molar-refractivity contribution is -0.141. The number of ketones is 1. The van der Waals surface area contributed by atoms with Crippen LogP contribution >= 0.6 is 0 Å². The fraction of sp³-hybridized carbons (Fsp3) is 0.286. The summed E-state index contributed by atoms with van der Waals surface area (Å²) < 4.78 is 10.3. The van der Waals surface area contributed by atoms with E-state index in [2.05, 4.69) is 5.16 Å². The first-order valence-electron chi connectivity index (χ1n) is 8.48. The topological polar surface area (TPSA) is 69.4 Å². The molecule has 5 heteroatoms. The van der Waals surface area contributed by atoms with E-state index in [4.69, 9.17) is 9.26 Å². The minimum absolute atomic E-state index is 0.0325. The van der Waals surface area contributed by atoms with E-state index in [0.29, 0.717) is 16.8 Å². The van der Waals surface area contributed by atoms with Crippen molar-refractivity contribution in [3.63, 3.8) is 0 Å². The summed E-state index contributed by atoms with van der Waals surface area (Å²) in [6.07, 6.45) is -0.0325. The van der Waals surface area contributed by atoms with Crippen LogP contribution in [-0.2, 0) is 16.0 Å². The maximum Gasteiger partial charge on any atom is 0.312 e. The lowest BCUT2D eigenvalue weighted by Gasteiger charge is -2.13. The van der Waals surface area contributed by atoms with Gasteiger partial charge in [-0.3, -0.25) is 9.59 Å². The van der Waals surface area contributed by atoms with Gasteiger partial charge in [-0.1, -0.05) is 17.3 Å². The molecule has 0 fully saturated rings. The van der Waals surface area contributed by atoms with Crippen LogP contribution in [0.4, 0.5) is 0 Å². The number of hydrogen-bond donors (Lipinski definition) is 0. The predicted molar refractivity (Wildman–Crippen MR) is 98.4 cm³/mol. The van der Waals surface area contributed by atoms with Gasteiger partial charge in [-0.05, 0) is 68.1 Å². The Morgan fingerprint density at radius 2 is 1.77 bits per heavy atom. The highest BCUT2D eigenvalue weighted by molar-refractivity contribution is 6.00. The van der Waals surface area contributed by atoms with Crippen molar-refractivity contribution in [2.45, 2.75) is 34.1 Å². The summed E-state index contributed by atoms with van der Waals surface area (Å²) in [5, 5.41) is 4.68. The smallest absolute Gasteiger partial charge is 0.312 e. The van der Waals surface area contributed by atoms with Crippen LogP contribution in [0.2, 0.25) is 0 Å². The first-order chi connectivity index (χ1) is 12.4. The Bertz CT molecular complexity index is 1000. The van der Waals surface area contributed by atoms with E-state index < -0.39 is 5.97 Å². The van der Waals surface area contributed by atoms with Gasteiger partial charge < -0.3 is 9.26 Å².